The zero-order valence-corrected chi connectivity index (χ0v) is 13.0. The van der Waals surface area contributed by atoms with Crippen LogP contribution < -0.4 is 0 Å². The smallest absolute Gasteiger partial charge is 0.328 e. The van der Waals surface area contributed by atoms with Gasteiger partial charge in [-0.1, -0.05) is 11.6 Å². The molecule has 1 aliphatic rings. The van der Waals surface area contributed by atoms with E-state index in [4.69, 9.17) is 11.6 Å². The SMILES string of the molecule is Cc1c(Cl)c(C(=O)N2CCn3c(nnc3C(F)(F)F)C2)nn1C. The number of hydrogen-bond donors (Lipinski definition) is 0. The van der Waals surface area contributed by atoms with Crippen molar-refractivity contribution in [2.24, 2.45) is 7.05 Å². The lowest BCUT2D eigenvalue weighted by molar-refractivity contribution is -0.147. The molecule has 3 rings (SSSR count). The van der Waals surface area contributed by atoms with Crippen molar-refractivity contribution in [3.63, 3.8) is 0 Å². The van der Waals surface area contributed by atoms with Gasteiger partial charge in [0.1, 0.15) is 0 Å². The minimum Gasteiger partial charge on any atom is -0.328 e. The molecule has 2 aromatic heterocycles. The number of alkyl halides is 3. The third-order valence-electron chi connectivity index (χ3n) is 3.76. The molecule has 0 aromatic carbocycles. The van der Waals surface area contributed by atoms with E-state index in [0.29, 0.717) is 5.69 Å². The standard InChI is InChI=1S/C12H12ClF3N6O/c1-6-8(13)9(19-20(6)2)10(23)21-3-4-22-7(5-21)17-18-11(22)12(14,15)16/h3-5H2,1-2H3. The van der Waals surface area contributed by atoms with Gasteiger partial charge < -0.3 is 9.47 Å². The Balaban J connectivity index is 1.86. The second-order valence-electron chi connectivity index (χ2n) is 5.19. The summed E-state index contributed by atoms with van der Waals surface area (Å²) < 4.78 is 40.8. The predicted molar refractivity (Wildman–Crippen MR) is 72.7 cm³/mol. The number of carbonyl (C=O) groups is 1. The van der Waals surface area contributed by atoms with Crippen molar-refractivity contribution in [2.45, 2.75) is 26.2 Å². The third-order valence-corrected chi connectivity index (χ3v) is 4.21. The van der Waals surface area contributed by atoms with Crippen LogP contribution >= 0.6 is 11.6 Å². The Morgan fingerprint density at radius 2 is 1.96 bits per heavy atom. The molecule has 0 N–H and O–H groups in total. The highest BCUT2D eigenvalue weighted by atomic mass is 35.5. The van der Waals surface area contributed by atoms with Crippen LogP contribution in [0.1, 0.15) is 27.8 Å². The van der Waals surface area contributed by atoms with Crippen LogP contribution in [0.15, 0.2) is 0 Å². The van der Waals surface area contributed by atoms with Crippen molar-refractivity contribution >= 4 is 17.5 Å². The summed E-state index contributed by atoms with van der Waals surface area (Å²) in [6.07, 6.45) is -4.57. The Kier molecular flexibility index (Phi) is 3.58. The molecule has 11 heteroatoms. The van der Waals surface area contributed by atoms with Crippen LogP contribution in [0.4, 0.5) is 13.2 Å². The largest absolute Gasteiger partial charge is 0.451 e. The second-order valence-corrected chi connectivity index (χ2v) is 5.57. The summed E-state index contributed by atoms with van der Waals surface area (Å²) in [7, 11) is 1.65. The van der Waals surface area contributed by atoms with Crippen LogP contribution in [0.25, 0.3) is 0 Å². The molecule has 3 heterocycles. The highest BCUT2D eigenvalue weighted by Crippen LogP contribution is 2.30. The molecule has 7 nitrogen and oxygen atoms in total. The summed E-state index contributed by atoms with van der Waals surface area (Å²) in [5, 5.41) is 11.0. The highest BCUT2D eigenvalue weighted by Gasteiger charge is 2.40. The maximum absolute atomic E-state index is 12.8. The topological polar surface area (TPSA) is 68.8 Å². The zero-order chi connectivity index (χ0) is 16.9. The molecule has 124 valence electrons. The number of aromatic nitrogens is 5. The summed E-state index contributed by atoms with van der Waals surface area (Å²) in [6, 6.07) is 0. The summed E-state index contributed by atoms with van der Waals surface area (Å²) in [5.41, 5.74) is 0.713. The lowest BCUT2D eigenvalue weighted by Gasteiger charge is -2.27. The normalized spacial score (nSPS) is 15.0. The van der Waals surface area contributed by atoms with Gasteiger partial charge in [0.05, 0.1) is 17.3 Å². The molecule has 1 amide bonds. The fraction of sp³-hybridized carbons (Fsp3) is 0.500. The van der Waals surface area contributed by atoms with Crippen LogP contribution in [-0.2, 0) is 26.3 Å². The Bertz CT molecular complexity index is 781. The van der Waals surface area contributed by atoms with E-state index in [2.05, 4.69) is 15.3 Å². The summed E-state index contributed by atoms with van der Waals surface area (Å²) in [5.74, 6) is -1.41. The molecule has 0 bridgehead atoms. The first-order chi connectivity index (χ1) is 10.7. The molecule has 0 radical (unpaired) electrons. The molecule has 23 heavy (non-hydrogen) atoms. The molecule has 0 saturated heterocycles. The van der Waals surface area contributed by atoms with Crippen molar-refractivity contribution in [3.8, 4) is 0 Å². The lowest BCUT2D eigenvalue weighted by atomic mass is 10.2. The van der Waals surface area contributed by atoms with E-state index in [9.17, 15) is 18.0 Å². The van der Waals surface area contributed by atoms with Gasteiger partial charge >= 0.3 is 6.18 Å². The van der Waals surface area contributed by atoms with E-state index in [-0.39, 0.29) is 36.2 Å². The van der Waals surface area contributed by atoms with Gasteiger partial charge in [-0.25, -0.2) is 0 Å². The van der Waals surface area contributed by atoms with Crippen LogP contribution in [-0.4, -0.2) is 41.9 Å². The molecule has 1 aliphatic heterocycles. The molecule has 0 fully saturated rings. The first-order valence-corrected chi connectivity index (χ1v) is 7.05. The van der Waals surface area contributed by atoms with Gasteiger partial charge in [-0.2, -0.15) is 18.3 Å². The van der Waals surface area contributed by atoms with Gasteiger partial charge in [-0.3, -0.25) is 9.48 Å². The molecule has 0 saturated carbocycles. The fourth-order valence-corrected chi connectivity index (χ4v) is 2.65. The summed E-state index contributed by atoms with van der Waals surface area (Å²) >= 11 is 6.08. The van der Waals surface area contributed by atoms with E-state index in [0.717, 1.165) is 4.57 Å². The number of rotatable bonds is 1. The fourth-order valence-electron chi connectivity index (χ4n) is 2.41. The van der Waals surface area contributed by atoms with Crippen molar-refractivity contribution < 1.29 is 18.0 Å². The molecular formula is C12H12ClF3N6O. The molecule has 0 atom stereocenters. The highest BCUT2D eigenvalue weighted by molar-refractivity contribution is 6.34. The summed E-state index contributed by atoms with van der Waals surface area (Å²) in [4.78, 5) is 13.8. The molecule has 0 unspecified atom stereocenters. The van der Waals surface area contributed by atoms with Crippen LogP contribution in [0.2, 0.25) is 5.02 Å². The van der Waals surface area contributed by atoms with Gasteiger partial charge in [0.25, 0.3) is 5.91 Å². The first-order valence-electron chi connectivity index (χ1n) is 6.67. The number of nitrogens with zero attached hydrogens (tertiary/aromatic N) is 6. The number of aryl methyl sites for hydroxylation is 1. The Morgan fingerprint density at radius 3 is 2.52 bits per heavy atom. The first kappa shape index (κ1) is 15.8. The van der Waals surface area contributed by atoms with Crippen molar-refractivity contribution in [3.05, 3.63) is 28.1 Å². The average Bonchev–Trinajstić information content (AvgIpc) is 3.02. The van der Waals surface area contributed by atoms with Crippen molar-refractivity contribution in [1.82, 2.24) is 29.4 Å². The Labute approximate surface area is 133 Å². The lowest BCUT2D eigenvalue weighted by Crippen LogP contribution is -2.39. The van der Waals surface area contributed by atoms with Gasteiger partial charge in [0.2, 0.25) is 5.82 Å². The Hall–Kier alpha value is -2.10. The monoisotopic (exact) mass is 348 g/mol. The maximum atomic E-state index is 12.8. The van der Waals surface area contributed by atoms with Gasteiger partial charge in [0.15, 0.2) is 11.5 Å². The maximum Gasteiger partial charge on any atom is 0.451 e. The third kappa shape index (κ3) is 2.56. The average molecular weight is 349 g/mol. The number of amides is 1. The van der Waals surface area contributed by atoms with Gasteiger partial charge in [0, 0.05) is 20.1 Å². The van der Waals surface area contributed by atoms with Crippen LogP contribution in [0.5, 0.6) is 0 Å². The predicted octanol–water partition coefficient (Wildman–Crippen LogP) is 1.65. The molecule has 0 aliphatic carbocycles. The van der Waals surface area contributed by atoms with Crippen molar-refractivity contribution in [1.29, 1.82) is 0 Å². The van der Waals surface area contributed by atoms with E-state index in [1.165, 1.54) is 9.58 Å². The number of halogens is 4. The van der Waals surface area contributed by atoms with E-state index in [1.54, 1.807) is 14.0 Å². The Morgan fingerprint density at radius 1 is 1.26 bits per heavy atom. The van der Waals surface area contributed by atoms with Gasteiger partial charge in [-0.05, 0) is 6.92 Å². The van der Waals surface area contributed by atoms with E-state index in [1.807, 2.05) is 0 Å². The van der Waals surface area contributed by atoms with E-state index >= 15 is 0 Å². The second kappa shape index (κ2) is 5.22. The number of hydrogen-bond acceptors (Lipinski definition) is 4. The number of carbonyl (C=O) groups excluding carboxylic acids is 1. The van der Waals surface area contributed by atoms with E-state index < -0.39 is 17.9 Å². The molecule has 0 spiro atoms. The van der Waals surface area contributed by atoms with Crippen LogP contribution in [0, 0.1) is 6.92 Å². The molecular weight excluding hydrogens is 337 g/mol. The minimum absolute atomic E-state index is 0.0354. The quantitative estimate of drug-likeness (QED) is 0.786. The van der Waals surface area contributed by atoms with Crippen LogP contribution in [0.3, 0.4) is 0 Å². The number of fused-ring (bicyclic) bond motifs is 1. The zero-order valence-electron chi connectivity index (χ0n) is 12.2. The summed E-state index contributed by atoms with van der Waals surface area (Å²) in [6.45, 7) is 1.70. The van der Waals surface area contributed by atoms with Gasteiger partial charge in [-0.15, -0.1) is 10.2 Å². The minimum atomic E-state index is -4.57. The van der Waals surface area contributed by atoms with Crippen molar-refractivity contribution in [2.75, 3.05) is 6.54 Å². The molecule has 2 aromatic rings.